The molecular formula is C11H14F3N5O. The van der Waals surface area contributed by atoms with Gasteiger partial charge in [0.15, 0.2) is 0 Å². The van der Waals surface area contributed by atoms with Crippen molar-refractivity contribution in [2.75, 3.05) is 13.6 Å². The van der Waals surface area contributed by atoms with Crippen molar-refractivity contribution in [2.45, 2.75) is 26.2 Å². The zero-order valence-corrected chi connectivity index (χ0v) is 11.1. The Morgan fingerprint density at radius 3 is 2.70 bits per heavy atom. The second-order valence-corrected chi connectivity index (χ2v) is 4.42. The number of likely N-dealkylation sites (N-methyl/N-ethyl adjacent to an activating group) is 1. The van der Waals surface area contributed by atoms with Crippen LogP contribution in [0.25, 0.3) is 0 Å². The van der Waals surface area contributed by atoms with E-state index in [-0.39, 0.29) is 12.4 Å². The van der Waals surface area contributed by atoms with Crippen molar-refractivity contribution >= 4 is 0 Å². The van der Waals surface area contributed by atoms with E-state index in [4.69, 9.17) is 0 Å². The standard InChI is InChI=1S/C11H14F3N5O/c1-8-15-3-4-19(8)6-5-18(2)7-9-16-10(17-20-9)11(12,13)14/h3-4H,5-7H2,1-2H3. The minimum atomic E-state index is -4.58. The van der Waals surface area contributed by atoms with Crippen molar-refractivity contribution in [1.82, 2.24) is 24.6 Å². The van der Waals surface area contributed by atoms with E-state index in [9.17, 15) is 13.2 Å². The summed E-state index contributed by atoms with van der Waals surface area (Å²) < 4.78 is 43.5. The number of hydrogen-bond donors (Lipinski definition) is 0. The molecule has 20 heavy (non-hydrogen) atoms. The highest BCUT2D eigenvalue weighted by Crippen LogP contribution is 2.26. The SMILES string of the molecule is Cc1nccn1CCN(C)Cc1nc(C(F)(F)F)no1. The van der Waals surface area contributed by atoms with E-state index in [1.165, 1.54) is 0 Å². The number of halogens is 3. The molecule has 2 rings (SSSR count). The molecule has 0 saturated carbocycles. The molecule has 9 heteroatoms. The Morgan fingerprint density at radius 2 is 2.15 bits per heavy atom. The van der Waals surface area contributed by atoms with Crippen LogP contribution in [0.5, 0.6) is 0 Å². The van der Waals surface area contributed by atoms with Crippen molar-refractivity contribution in [3.63, 3.8) is 0 Å². The molecule has 0 aliphatic heterocycles. The zero-order valence-electron chi connectivity index (χ0n) is 11.1. The van der Waals surface area contributed by atoms with Crippen molar-refractivity contribution in [1.29, 1.82) is 0 Å². The quantitative estimate of drug-likeness (QED) is 0.839. The van der Waals surface area contributed by atoms with Gasteiger partial charge in [-0.3, -0.25) is 4.90 Å². The van der Waals surface area contributed by atoms with Crippen LogP contribution in [-0.2, 0) is 19.3 Å². The first kappa shape index (κ1) is 14.5. The monoisotopic (exact) mass is 289 g/mol. The van der Waals surface area contributed by atoms with E-state index in [0.29, 0.717) is 13.1 Å². The highest BCUT2D eigenvalue weighted by Gasteiger charge is 2.37. The van der Waals surface area contributed by atoms with Gasteiger partial charge in [-0.05, 0) is 14.0 Å². The van der Waals surface area contributed by atoms with Gasteiger partial charge in [-0.1, -0.05) is 5.16 Å². The van der Waals surface area contributed by atoms with Gasteiger partial charge in [0.1, 0.15) is 5.82 Å². The van der Waals surface area contributed by atoms with E-state index < -0.39 is 12.0 Å². The van der Waals surface area contributed by atoms with Crippen LogP contribution in [-0.4, -0.2) is 38.2 Å². The van der Waals surface area contributed by atoms with E-state index in [1.54, 1.807) is 18.1 Å². The predicted octanol–water partition coefficient (Wildman–Crippen LogP) is 1.73. The third-order valence-electron chi connectivity index (χ3n) is 2.77. The summed E-state index contributed by atoms with van der Waals surface area (Å²) in [4.78, 5) is 9.21. The van der Waals surface area contributed by atoms with Gasteiger partial charge in [-0.25, -0.2) is 4.98 Å². The Balaban J connectivity index is 1.87. The van der Waals surface area contributed by atoms with Crippen LogP contribution < -0.4 is 0 Å². The molecule has 110 valence electrons. The molecule has 0 bridgehead atoms. The van der Waals surface area contributed by atoms with Crippen LogP contribution in [0.15, 0.2) is 16.9 Å². The average Bonchev–Trinajstić information content (AvgIpc) is 2.95. The number of alkyl halides is 3. The molecule has 2 aromatic rings. The minimum Gasteiger partial charge on any atom is -0.338 e. The van der Waals surface area contributed by atoms with E-state index >= 15 is 0 Å². The molecule has 0 amide bonds. The third kappa shape index (κ3) is 3.56. The fourth-order valence-electron chi connectivity index (χ4n) is 1.66. The van der Waals surface area contributed by atoms with Crippen LogP contribution in [0, 0.1) is 6.92 Å². The molecule has 6 nitrogen and oxygen atoms in total. The molecular weight excluding hydrogens is 275 g/mol. The smallest absolute Gasteiger partial charge is 0.338 e. The van der Waals surface area contributed by atoms with E-state index in [0.717, 1.165) is 5.82 Å². The minimum absolute atomic E-state index is 0.0535. The van der Waals surface area contributed by atoms with Crippen LogP contribution in [0.3, 0.4) is 0 Å². The zero-order chi connectivity index (χ0) is 14.8. The van der Waals surface area contributed by atoms with Crippen molar-refractivity contribution in [3.05, 3.63) is 29.9 Å². The molecule has 0 aliphatic rings. The van der Waals surface area contributed by atoms with Crippen LogP contribution in [0.1, 0.15) is 17.5 Å². The summed E-state index contributed by atoms with van der Waals surface area (Å²) in [6.45, 7) is 3.36. The van der Waals surface area contributed by atoms with Gasteiger partial charge >= 0.3 is 6.18 Å². The summed E-state index contributed by atoms with van der Waals surface area (Å²) in [7, 11) is 1.77. The molecule has 0 fully saturated rings. The summed E-state index contributed by atoms with van der Waals surface area (Å²) in [6.07, 6.45) is -1.03. The Bertz CT molecular complexity index is 562. The number of aryl methyl sites for hydroxylation is 1. The normalized spacial score (nSPS) is 12.3. The van der Waals surface area contributed by atoms with E-state index in [1.807, 2.05) is 17.7 Å². The molecule has 0 saturated heterocycles. The molecule has 2 heterocycles. The highest BCUT2D eigenvalue weighted by molar-refractivity contribution is 4.91. The fourth-order valence-corrected chi connectivity index (χ4v) is 1.66. The lowest BCUT2D eigenvalue weighted by atomic mass is 10.4. The van der Waals surface area contributed by atoms with Gasteiger partial charge < -0.3 is 9.09 Å². The number of rotatable bonds is 5. The maximum atomic E-state index is 12.3. The van der Waals surface area contributed by atoms with Crippen molar-refractivity contribution in [2.24, 2.45) is 0 Å². The lowest BCUT2D eigenvalue weighted by Crippen LogP contribution is -2.23. The van der Waals surface area contributed by atoms with Crippen molar-refractivity contribution in [3.8, 4) is 0 Å². The Labute approximate surface area is 113 Å². The second kappa shape index (κ2) is 5.61. The molecule has 2 aromatic heterocycles. The lowest BCUT2D eigenvalue weighted by molar-refractivity contribution is -0.146. The fraction of sp³-hybridized carbons (Fsp3) is 0.545. The summed E-state index contributed by atoms with van der Waals surface area (Å²) >= 11 is 0. The number of nitrogens with zero attached hydrogens (tertiary/aromatic N) is 5. The molecule has 0 unspecified atom stereocenters. The highest BCUT2D eigenvalue weighted by atomic mass is 19.4. The largest absolute Gasteiger partial charge is 0.455 e. The van der Waals surface area contributed by atoms with E-state index in [2.05, 4.69) is 19.6 Å². The Morgan fingerprint density at radius 1 is 1.40 bits per heavy atom. The first-order chi connectivity index (χ1) is 9.36. The molecule has 0 spiro atoms. The summed E-state index contributed by atoms with van der Waals surface area (Å²) in [5.74, 6) is -0.413. The molecule has 0 aliphatic carbocycles. The Kier molecular flexibility index (Phi) is 4.07. The van der Waals surface area contributed by atoms with Gasteiger partial charge in [0, 0.05) is 25.5 Å². The molecule has 0 aromatic carbocycles. The van der Waals surface area contributed by atoms with Gasteiger partial charge in [-0.15, -0.1) is 0 Å². The lowest BCUT2D eigenvalue weighted by Gasteiger charge is -2.14. The predicted molar refractivity (Wildman–Crippen MR) is 62.6 cm³/mol. The Hall–Kier alpha value is -1.90. The number of imidazole rings is 1. The van der Waals surface area contributed by atoms with Crippen LogP contribution in [0.4, 0.5) is 13.2 Å². The third-order valence-corrected chi connectivity index (χ3v) is 2.77. The molecule has 0 radical (unpaired) electrons. The maximum Gasteiger partial charge on any atom is 0.455 e. The van der Waals surface area contributed by atoms with Crippen molar-refractivity contribution < 1.29 is 17.7 Å². The van der Waals surface area contributed by atoms with Crippen LogP contribution in [0.2, 0.25) is 0 Å². The second-order valence-electron chi connectivity index (χ2n) is 4.42. The number of aromatic nitrogens is 4. The number of hydrogen-bond acceptors (Lipinski definition) is 5. The molecule has 0 atom stereocenters. The van der Waals surface area contributed by atoms with Gasteiger partial charge in [0.05, 0.1) is 6.54 Å². The first-order valence-electron chi connectivity index (χ1n) is 5.92. The summed E-state index contributed by atoms with van der Waals surface area (Å²) in [5, 5.41) is 2.91. The summed E-state index contributed by atoms with van der Waals surface area (Å²) in [5.41, 5.74) is 0. The first-order valence-corrected chi connectivity index (χ1v) is 5.92. The van der Waals surface area contributed by atoms with Crippen LogP contribution >= 0.6 is 0 Å². The topological polar surface area (TPSA) is 60.0 Å². The summed E-state index contributed by atoms with van der Waals surface area (Å²) in [6, 6.07) is 0. The molecule has 0 N–H and O–H groups in total. The average molecular weight is 289 g/mol. The van der Waals surface area contributed by atoms with Gasteiger partial charge in [0.25, 0.3) is 5.82 Å². The maximum absolute atomic E-state index is 12.3. The van der Waals surface area contributed by atoms with Gasteiger partial charge in [-0.2, -0.15) is 18.2 Å². The van der Waals surface area contributed by atoms with Gasteiger partial charge in [0.2, 0.25) is 5.89 Å².